The Morgan fingerprint density at radius 2 is 1.64 bits per heavy atom. The zero-order chi connectivity index (χ0) is 8.54. The summed E-state index contributed by atoms with van der Waals surface area (Å²) in [5, 5.41) is 11.1. The first kappa shape index (κ1) is 8.80. The summed E-state index contributed by atoms with van der Waals surface area (Å²) in [7, 11) is 0. The van der Waals surface area contributed by atoms with Crippen LogP contribution in [0.15, 0.2) is 0 Å². The Bertz CT molecular complexity index is 139. The first-order chi connectivity index (χ1) is 4.91. The second kappa shape index (κ2) is 2.64. The molecule has 0 atom stereocenters. The predicted molar refractivity (Wildman–Crippen MR) is 33.5 cm³/mol. The highest BCUT2D eigenvalue weighted by Crippen LogP contribution is 2.25. The van der Waals surface area contributed by atoms with Gasteiger partial charge in [-0.15, -0.1) is 0 Å². The van der Waals surface area contributed by atoms with Crippen molar-refractivity contribution < 1.29 is 17.8 Å². The van der Waals surface area contributed by atoms with Gasteiger partial charge in [0.05, 0.1) is 13.1 Å². The van der Waals surface area contributed by atoms with Crippen molar-refractivity contribution in [2.24, 2.45) is 0 Å². The Morgan fingerprint density at radius 3 is 2.00 bits per heavy atom. The number of likely N-dealkylation sites (tertiary alicyclic amines) is 1. The normalized spacial score (nSPS) is 24.0. The molecule has 1 saturated heterocycles. The van der Waals surface area contributed by atoms with E-state index in [2.05, 4.69) is 0 Å². The highest BCUT2D eigenvalue weighted by Gasteiger charge is 2.38. The van der Waals surface area contributed by atoms with E-state index in [4.69, 9.17) is 0 Å². The minimum Gasteiger partial charge on any atom is -0.633 e. The highest BCUT2D eigenvalue weighted by molar-refractivity contribution is 4.58. The van der Waals surface area contributed by atoms with Gasteiger partial charge < -0.3 is 9.85 Å². The predicted octanol–water partition coefficient (Wildman–Crippen LogP) is 1.66. The van der Waals surface area contributed by atoms with Crippen LogP contribution >= 0.6 is 0 Å². The molecule has 0 saturated carbocycles. The third-order valence-corrected chi connectivity index (χ3v) is 1.85. The van der Waals surface area contributed by atoms with E-state index in [1.165, 1.54) is 0 Å². The maximum atomic E-state index is 11.7. The monoisotopic (exact) mass is 169 g/mol. The average molecular weight is 169 g/mol. The van der Waals surface area contributed by atoms with E-state index < -0.39 is 17.4 Å². The number of quaternary nitrogens is 1. The fourth-order valence-electron chi connectivity index (χ4n) is 1.40. The Balaban J connectivity index is 2.46. The molecule has 0 radical (unpaired) electrons. The second-order valence-electron chi connectivity index (χ2n) is 2.99. The van der Waals surface area contributed by atoms with Gasteiger partial charge in [-0.1, -0.05) is 0 Å². The zero-order valence-electron chi connectivity index (χ0n) is 6.02. The van der Waals surface area contributed by atoms with Crippen molar-refractivity contribution in [1.82, 2.24) is 0 Å². The van der Waals surface area contributed by atoms with Gasteiger partial charge >= 0.3 is 6.18 Å². The maximum Gasteiger partial charge on any atom is 0.438 e. The van der Waals surface area contributed by atoms with Gasteiger partial charge in [-0.05, 0) is 0 Å². The topological polar surface area (TPSA) is 23.1 Å². The number of hydroxylamine groups is 3. The van der Waals surface area contributed by atoms with Gasteiger partial charge in [-0.25, -0.2) is 0 Å². The lowest BCUT2D eigenvalue weighted by Crippen LogP contribution is -2.45. The number of hydrogen-bond acceptors (Lipinski definition) is 1. The molecule has 0 bridgehead atoms. The van der Waals surface area contributed by atoms with Gasteiger partial charge in [-0.3, -0.25) is 0 Å². The summed E-state index contributed by atoms with van der Waals surface area (Å²) >= 11 is 0. The SMILES string of the molecule is [O-][N+]1(CC(F)(F)F)CCCC1. The van der Waals surface area contributed by atoms with Crippen LogP contribution in [0.2, 0.25) is 0 Å². The van der Waals surface area contributed by atoms with Gasteiger partial charge in [0.1, 0.15) is 0 Å². The molecule has 0 amide bonds. The van der Waals surface area contributed by atoms with Gasteiger partial charge in [0.15, 0.2) is 6.54 Å². The number of hydrogen-bond donors (Lipinski definition) is 0. The molecule has 1 rings (SSSR count). The van der Waals surface area contributed by atoms with Crippen molar-refractivity contribution >= 4 is 0 Å². The largest absolute Gasteiger partial charge is 0.633 e. The smallest absolute Gasteiger partial charge is 0.438 e. The molecule has 0 unspecified atom stereocenters. The van der Waals surface area contributed by atoms with Gasteiger partial charge in [0.25, 0.3) is 0 Å². The molecule has 1 aliphatic heterocycles. The van der Waals surface area contributed by atoms with Gasteiger partial charge in [-0.2, -0.15) is 13.2 Å². The maximum absolute atomic E-state index is 11.7. The van der Waals surface area contributed by atoms with Crippen LogP contribution in [0.25, 0.3) is 0 Å². The quantitative estimate of drug-likeness (QED) is 0.432. The number of rotatable bonds is 1. The van der Waals surface area contributed by atoms with Crippen LogP contribution in [0, 0.1) is 5.21 Å². The van der Waals surface area contributed by atoms with Crippen LogP contribution < -0.4 is 0 Å². The molecule has 0 aromatic heterocycles. The Morgan fingerprint density at radius 1 is 1.18 bits per heavy atom. The van der Waals surface area contributed by atoms with Crippen molar-refractivity contribution in [3.8, 4) is 0 Å². The lowest BCUT2D eigenvalue weighted by atomic mass is 10.4. The van der Waals surface area contributed by atoms with E-state index >= 15 is 0 Å². The minimum atomic E-state index is -4.31. The molecule has 1 fully saturated rings. The van der Waals surface area contributed by atoms with E-state index in [0.717, 1.165) is 0 Å². The summed E-state index contributed by atoms with van der Waals surface area (Å²) in [5.41, 5.74) is 0. The molecular formula is C6H10F3NO. The lowest BCUT2D eigenvalue weighted by Gasteiger charge is -2.38. The first-order valence-electron chi connectivity index (χ1n) is 3.55. The molecule has 0 aromatic rings. The summed E-state index contributed by atoms with van der Waals surface area (Å²) < 4.78 is 34.1. The molecule has 2 nitrogen and oxygen atoms in total. The molecule has 1 aliphatic rings. The van der Waals surface area contributed by atoms with E-state index in [1.54, 1.807) is 0 Å². The van der Waals surface area contributed by atoms with Crippen molar-refractivity contribution in [2.45, 2.75) is 19.0 Å². The summed E-state index contributed by atoms with van der Waals surface area (Å²) in [6.07, 6.45) is -3.06. The summed E-state index contributed by atoms with van der Waals surface area (Å²) in [4.78, 5) is 0. The van der Waals surface area contributed by atoms with Crippen molar-refractivity contribution in [3.05, 3.63) is 5.21 Å². The Labute approximate surface area is 62.8 Å². The van der Waals surface area contributed by atoms with Crippen LogP contribution in [-0.2, 0) is 0 Å². The van der Waals surface area contributed by atoms with Crippen LogP contribution in [0.3, 0.4) is 0 Å². The number of alkyl halides is 3. The van der Waals surface area contributed by atoms with Crippen LogP contribution in [0.5, 0.6) is 0 Å². The van der Waals surface area contributed by atoms with Crippen LogP contribution in [0.4, 0.5) is 13.2 Å². The minimum absolute atomic E-state index is 0.125. The van der Waals surface area contributed by atoms with E-state index in [9.17, 15) is 18.4 Å². The molecule has 0 aromatic carbocycles. The second-order valence-corrected chi connectivity index (χ2v) is 2.99. The highest BCUT2D eigenvalue weighted by atomic mass is 19.4. The molecule has 1 heterocycles. The fraction of sp³-hybridized carbons (Fsp3) is 1.00. The number of halogens is 3. The van der Waals surface area contributed by atoms with Crippen molar-refractivity contribution in [2.75, 3.05) is 19.6 Å². The number of nitrogens with zero attached hydrogens (tertiary/aromatic N) is 1. The zero-order valence-corrected chi connectivity index (χ0v) is 6.02. The third-order valence-electron chi connectivity index (χ3n) is 1.85. The van der Waals surface area contributed by atoms with E-state index in [1.807, 2.05) is 0 Å². The average Bonchev–Trinajstić information content (AvgIpc) is 2.09. The van der Waals surface area contributed by atoms with E-state index in [0.29, 0.717) is 12.8 Å². The first-order valence-corrected chi connectivity index (χ1v) is 3.55. The summed E-state index contributed by atoms with van der Waals surface area (Å²) in [5.74, 6) is 0. The lowest BCUT2D eigenvalue weighted by molar-refractivity contribution is -0.879. The summed E-state index contributed by atoms with van der Waals surface area (Å²) in [6.45, 7) is -0.966. The van der Waals surface area contributed by atoms with Crippen molar-refractivity contribution in [1.29, 1.82) is 0 Å². The Hall–Kier alpha value is -0.290. The molecule has 0 aliphatic carbocycles. The van der Waals surface area contributed by atoms with E-state index in [-0.39, 0.29) is 13.1 Å². The summed E-state index contributed by atoms with van der Waals surface area (Å²) in [6, 6.07) is 0. The van der Waals surface area contributed by atoms with Crippen LogP contribution in [0.1, 0.15) is 12.8 Å². The molecule has 66 valence electrons. The molecule has 5 heteroatoms. The fourth-order valence-corrected chi connectivity index (χ4v) is 1.40. The molecule has 11 heavy (non-hydrogen) atoms. The molecule has 0 spiro atoms. The van der Waals surface area contributed by atoms with Gasteiger partial charge in [0.2, 0.25) is 0 Å². The van der Waals surface area contributed by atoms with Gasteiger partial charge in [0, 0.05) is 12.8 Å². The Kier molecular flexibility index (Phi) is 2.11. The third kappa shape index (κ3) is 2.67. The molecular weight excluding hydrogens is 159 g/mol. The van der Waals surface area contributed by atoms with Crippen LogP contribution in [-0.4, -0.2) is 30.5 Å². The standard InChI is InChI=1S/C6H10F3NO/c7-6(8,9)5-10(11)3-1-2-4-10/h1-5H2. The molecule has 0 N–H and O–H groups in total. The van der Waals surface area contributed by atoms with Crippen molar-refractivity contribution in [3.63, 3.8) is 0 Å².